The third kappa shape index (κ3) is 5.72. The molecule has 0 saturated heterocycles. The number of carbonyl (C=O) groups excluding carboxylic acids is 1. The highest BCUT2D eigenvalue weighted by Crippen LogP contribution is 1.76. The largest absolute Gasteiger partial charge is 0.548 e. The van der Waals surface area contributed by atoms with Gasteiger partial charge in [0.15, 0.2) is 0 Å². The molecule has 0 amide bonds. The first-order chi connectivity index (χ1) is 3.77. The zero-order valence-corrected chi connectivity index (χ0v) is 4.98. The summed E-state index contributed by atoms with van der Waals surface area (Å²) in [5.41, 5.74) is 0. The number of carbonyl (C=O) groups is 1. The van der Waals surface area contributed by atoms with E-state index in [1.165, 1.54) is 0 Å². The Morgan fingerprint density at radius 3 is 2.75 bits per heavy atom. The molecular formula is C4H6ClO3-. The summed E-state index contributed by atoms with van der Waals surface area (Å²) in [5.74, 6) is -0.900. The van der Waals surface area contributed by atoms with Crippen molar-refractivity contribution in [2.45, 2.75) is 0 Å². The maximum absolute atomic E-state index is 9.59. The van der Waals surface area contributed by atoms with Crippen LogP contribution in [0.3, 0.4) is 0 Å². The highest BCUT2D eigenvalue weighted by molar-refractivity contribution is 6.17. The van der Waals surface area contributed by atoms with Gasteiger partial charge in [0, 0.05) is 5.88 Å². The molecule has 48 valence electrons. The van der Waals surface area contributed by atoms with E-state index in [0.717, 1.165) is 0 Å². The summed E-state index contributed by atoms with van der Waals surface area (Å²) in [6, 6.07) is 0. The standard InChI is InChI=1S/C4H7ClO3/c5-1-2-8-3-4(6)7/h1-3H2,(H,6,7)/p-1. The Morgan fingerprint density at radius 2 is 2.38 bits per heavy atom. The Kier molecular flexibility index (Phi) is 4.70. The fourth-order valence-electron chi connectivity index (χ4n) is 0.210. The molecule has 0 atom stereocenters. The molecule has 0 aromatic carbocycles. The summed E-state index contributed by atoms with van der Waals surface area (Å²) >= 11 is 5.15. The number of aliphatic carboxylic acids is 1. The number of ether oxygens (including phenoxy) is 1. The van der Waals surface area contributed by atoms with E-state index >= 15 is 0 Å². The van der Waals surface area contributed by atoms with Gasteiger partial charge in [-0.3, -0.25) is 0 Å². The molecule has 0 aliphatic heterocycles. The summed E-state index contributed by atoms with van der Waals surface area (Å²) in [4.78, 5) is 9.59. The summed E-state index contributed by atoms with van der Waals surface area (Å²) in [7, 11) is 0. The predicted molar refractivity (Wildman–Crippen MR) is 26.5 cm³/mol. The number of carboxylic acids is 1. The molecule has 8 heavy (non-hydrogen) atoms. The molecule has 0 unspecified atom stereocenters. The van der Waals surface area contributed by atoms with E-state index in [9.17, 15) is 9.90 Å². The second kappa shape index (κ2) is 4.87. The van der Waals surface area contributed by atoms with Crippen molar-refractivity contribution < 1.29 is 14.6 Å². The number of hydrogen-bond donors (Lipinski definition) is 0. The summed E-state index contributed by atoms with van der Waals surface area (Å²) in [6.07, 6.45) is 0. The van der Waals surface area contributed by atoms with E-state index in [2.05, 4.69) is 4.74 Å². The van der Waals surface area contributed by atoms with Gasteiger partial charge >= 0.3 is 0 Å². The van der Waals surface area contributed by atoms with Crippen LogP contribution in [0, 0.1) is 0 Å². The smallest absolute Gasteiger partial charge is 0.0861 e. The average molecular weight is 138 g/mol. The van der Waals surface area contributed by atoms with Crippen molar-refractivity contribution in [2.24, 2.45) is 0 Å². The fraction of sp³-hybridized carbons (Fsp3) is 0.750. The minimum Gasteiger partial charge on any atom is -0.548 e. The number of carboxylic acid groups (broad SMARTS) is 1. The molecule has 0 radical (unpaired) electrons. The molecule has 0 aliphatic carbocycles. The van der Waals surface area contributed by atoms with Crippen LogP contribution < -0.4 is 5.11 Å². The van der Waals surface area contributed by atoms with E-state index in [-0.39, 0.29) is 13.2 Å². The fourth-order valence-corrected chi connectivity index (χ4v) is 0.319. The highest BCUT2D eigenvalue weighted by atomic mass is 35.5. The lowest BCUT2D eigenvalue weighted by Gasteiger charge is -1.99. The molecule has 0 aliphatic rings. The monoisotopic (exact) mass is 137 g/mol. The second-order valence-electron chi connectivity index (χ2n) is 1.11. The highest BCUT2D eigenvalue weighted by Gasteiger charge is 1.83. The van der Waals surface area contributed by atoms with Crippen LogP contribution in [0.5, 0.6) is 0 Å². The van der Waals surface area contributed by atoms with E-state index in [4.69, 9.17) is 11.6 Å². The van der Waals surface area contributed by atoms with Gasteiger partial charge in [-0.15, -0.1) is 11.6 Å². The first-order valence-corrected chi connectivity index (χ1v) is 2.64. The average Bonchev–Trinajstić information content (AvgIpc) is 1.66. The zero-order valence-electron chi connectivity index (χ0n) is 4.22. The third-order valence-corrected chi connectivity index (χ3v) is 0.596. The van der Waals surface area contributed by atoms with Crippen LogP contribution in [0.2, 0.25) is 0 Å². The van der Waals surface area contributed by atoms with Crippen LogP contribution in [0.1, 0.15) is 0 Å². The van der Waals surface area contributed by atoms with Gasteiger partial charge < -0.3 is 14.6 Å². The second-order valence-corrected chi connectivity index (χ2v) is 1.49. The quantitative estimate of drug-likeness (QED) is 0.369. The Balaban J connectivity index is 2.82. The van der Waals surface area contributed by atoms with E-state index in [1.807, 2.05) is 0 Å². The Hall–Kier alpha value is -0.280. The van der Waals surface area contributed by atoms with Crippen molar-refractivity contribution in [3.05, 3.63) is 0 Å². The molecular weight excluding hydrogens is 131 g/mol. The van der Waals surface area contributed by atoms with Crippen molar-refractivity contribution in [3.63, 3.8) is 0 Å². The molecule has 0 bridgehead atoms. The van der Waals surface area contributed by atoms with E-state index in [0.29, 0.717) is 5.88 Å². The molecule has 0 N–H and O–H groups in total. The van der Waals surface area contributed by atoms with Crippen LogP contribution in [0.15, 0.2) is 0 Å². The maximum Gasteiger partial charge on any atom is 0.0861 e. The summed E-state index contributed by atoms with van der Waals surface area (Å²) < 4.78 is 4.45. The Bertz CT molecular complexity index is 73.7. The van der Waals surface area contributed by atoms with Gasteiger partial charge in [0.1, 0.15) is 0 Å². The lowest BCUT2D eigenvalue weighted by atomic mass is 10.7. The van der Waals surface area contributed by atoms with Crippen LogP contribution in [0.4, 0.5) is 0 Å². The third-order valence-electron chi connectivity index (χ3n) is 0.441. The molecule has 4 heteroatoms. The molecule has 0 spiro atoms. The molecule has 0 aromatic heterocycles. The van der Waals surface area contributed by atoms with Crippen LogP contribution in [-0.4, -0.2) is 25.1 Å². The van der Waals surface area contributed by atoms with Crippen molar-refractivity contribution in [3.8, 4) is 0 Å². The van der Waals surface area contributed by atoms with E-state index in [1.54, 1.807) is 0 Å². The first-order valence-electron chi connectivity index (χ1n) is 2.11. The first kappa shape index (κ1) is 7.72. The molecule has 0 heterocycles. The molecule has 0 aromatic rings. The van der Waals surface area contributed by atoms with Crippen LogP contribution in [-0.2, 0) is 9.53 Å². The van der Waals surface area contributed by atoms with Crippen LogP contribution >= 0.6 is 11.6 Å². The van der Waals surface area contributed by atoms with Gasteiger partial charge in [-0.2, -0.15) is 0 Å². The van der Waals surface area contributed by atoms with Crippen molar-refractivity contribution >= 4 is 17.6 Å². The molecule has 3 nitrogen and oxygen atoms in total. The number of rotatable bonds is 4. The van der Waals surface area contributed by atoms with Gasteiger partial charge in [-0.1, -0.05) is 0 Å². The predicted octanol–water partition coefficient (Wildman–Crippen LogP) is -1.01. The zero-order chi connectivity index (χ0) is 6.41. The molecule has 0 saturated carbocycles. The summed E-state index contributed by atoms with van der Waals surface area (Å²) in [6.45, 7) is -0.109. The van der Waals surface area contributed by atoms with Gasteiger partial charge in [-0.25, -0.2) is 0 Å². The minimum absolute atomic E-state index is 0.259. The van der Waals surface area contributed by atoms with Gasteiger partial charge in [0.05, 0.1) is 19.2 Å². The minimum atomic E-state index is -1.21. The summed E-state index contributed by atoms with van der Waals surface area (Å²) in [5, 5.41) is 9.59. The van der Waals surface area contributed by atoms with Crippen molar-refractivity contribution in [2.75, 3.05) is 19.1 Å². The number of alkyl halides is 1. The van der Waals surface area contributed by atoms with Gasteiger partial charge in [0.25, 0.3) is 0 Å². The lowest BCUT2D eigenvalue weighted by Crippen LogP contribution is -2.27. The Morgan fingerprint density at radius 1 is 1.75 bits per heavy atom. The normalized spacial score (nSPS) is 9.12. The maximum atomic E-state index is 9.59. The van der Waals surface area contributed by atoms with Crippen LogP contribution in [0.25, 0.3) is 0 Å². The molecule has 0 rings (SSSR count). The number of halogens is 1. The lowest BCUT2D eigenvalue weighted by molar-refractivity contribution is -0.309. The van der Waals surface area contributed by atoms with Gasteiger partial charge in [-0.05, 0) is 0 Å². The molecule has 0 fully saturated rings. The van der Waals surface area contributed by atoms with Crippen molar-refractivity contribution in [1.82, 2.24) is 0 Å². The van der Waals surface area contributed by atoms with E-state index < -0.39 is 5.97 Å². The van der Waals surface area contributed by atoms with Crippen molar-refractivity contribution in [1.29, 1.82) is 0 Å². The van der Waals surface area contributed by atoms with Gasteiger partial charge in [0.2, 0.25) is 0 Å². The Labute approximate surface area is 52.2 Å². The SMILES string of the molecule is O=C([O-])COCCCl. The topological polar surface area (TPSA) is 49.4 Å². The number of hydrogen-bond acceptors (Lipinski definition) is 3.